The lowest BCUT2D eigenvalue weighted by molar-refractivity contribution is -0.139. The summed E-state index contributed by atoms with van der Waals surface area (Å²) < 4.78 is 10.9. The van der Waals surface area contributed by atoms with Gasteiger partial charge in [-0.25, -0.2) is 14.8 Å². The number of hydrogen-bond donors (Lipinski definition) is 2. The number of Topliss-reactive ketones (excluding diaryl/α,β-unsaturated/α-hetero) is 1. The maximum absolute atomic E-state index is 14.0. The fraction of sp³-hybridized carbons (Fsp3) is 0.323. The van der Waals surface area contributed by atoms with Crippen molar-refractivity contribution in [2.45, 2.75) is 46.5 Å². The number of esters is 1. The number of nitrogens with one attached hydrogen (secondary N) is 1. The third-order valence-corrected chi connectivity index (χ3v) is 7.66. The highest BCUT2D eigenvalue weighted by Gasteiger charge is 2.47. The van der Waals surface area contributed by atoms with Crippen molar-refractivity contribution in [3.05, 3.63) is 87.5 Å². The molecule has 2 heterocycles. The van der Waals surface area contributed by atoms with E-state index in [0.717, 1.165) is 16.6 Å². The van der Waals surface area contributed by atoms with E-state index in [2.05, 4.69) is 10.4 Å². The molecule has 1 atom stereocenters. The second kappa shape index (κ2) is 10.5. The molecule has 1 aliphatic heterocycles. The summed E-state index contributed by atoms with van der Waals surface area (Å²) >= 11 is 6.80. The van der Waals surface area contributed by atoms with Gasteiger partial charge in [0, 0.05) is 22.9 Å². The molecule has 0 spiro atoms. The average Bonchev–Trinajstić information content (AvgIpc) is 2.90. The normalized spacial score (nSPS) is 18.6. The summed E-state index contributed by atoms with van der Waals surface area (Å²) in [4.78, 5) is 32.2. The number of anilines is 1. The van der Waals surface area contributed by atoms with Gasteiger partial charge >= 0.3 is 5.97 Å². The minimum Gasteiger partial charge on any atom is -0.497 e. The number of benzene rings is 2. The highest BCUT2D eigenvalue weighted by Crippen LogP contribution is 2.50. The molecule has 208 valence electrons. The number of carbonyl (C=O) groups excluding carboxylic acids is 2. The van der Waals surface area contributed by atoms with E-state index in [0.29, 0.717) is 40.9 Å². The maximum Gasteiger partial charge on any atom is 0.338 e. The van der Waals surface area contributed by atoms with Gasteiger partial charge in [0.1, 0.15) is 16.7 Å². The van der Waals surface area contributed by atoms with Crippen LogP contribution in [-0.2, 0) is 14.3 Å². The number of carbonyl (C=O) groups is 2. The van der Waals surface area contributed by atoms with Gasteiger partial charge in [0.05, 0.1) is 42.1 Å². The predicted molar refractivity (Wildman–Crippen MR) is 156 cm³/mol. The molecule has 5 rings (SSSR count). The summed E-state index contributed by atoms with van der Waals surface area (Å²) in [6, 6.07) is 15.1. The van der Waals surface area contributed by atoms with Crippen LogP contribution in [0.2, 0.25) is 5.15 Å². The third-order valence-electron chi connectivity index (χ3n) is 7.36. The number of ketones is 1. The van der Waals surface area contributed by atoms with Crippen molar-refractivity contribution < 1.29 is 19.1 Å². The Hall–Kier alpha value is -4.04. The predicted octanol–water partition coefficient (Wildman–Crippen LogP) is 6.01. The first-order chi connectivity index (χ1) is 19.0. The van der Waals surface area contributed by atoms with Crippen molar-refractivity contribution in [2.75, 3.05) is 19.1 Å². The molecule has 0 fully saturated rings. The van der Waals surface area contributed by atoms with Gasteiger partial charge in [0.15, 0.2) is 5.78 Å². The standard InChI is InChI=1S/C31H33ClN4O4/c1-6-40-30(38)27-25(21-14-18-13-20(39-5)11-12-22(18)34-28(21)32)26-23(15-31(3,4)16-24(26)37)36(29(27)33)35-19-9-7-17(2)8-10-19/h7-14,25,35H,6,15-16,33H2,1-5H3. The summed E-state index contributed by atoms with van der Waals surface area (Å²) in [5.74, 6) is -0.759. The van der Waals surface area contributed by atoms with Crippen LogP contribution in [0.1, 0.15) is 50.7 Å². The van der Waals surface area contributed by atoms with E-state index >= 15 is 0 Å². The molecule has 3 aromatic rings. The third kappa shape index (κ3) is 4.99. The molecule has 0 saturated heterocycles. The van der Waals surface area contributed by atoms with E-state index in [1.165, 1.54) is 0 Å². The number of hydrogen-bond acceptors (Lipinski definition) is 8. The molecular formula is C31H33ClN4O4. The fourth-order valence-corrected chi connectivity index (χ4v) is 5.75. The van der Waals surface area contributed by atoms with E-state index in [-0.39, 0.29) is 34.4 Å². The molecule has 0 bridgehead atoms. The van der Waals surface area contributed by atoms with Crippen molar-refractivity contribution in [1.29, 1.82) is 0 Å². The van der Waals surface area contributed by atoms with Crippen LogP contribution in [0.3, 0.4) is 0 Å². The van der Waals surface area contributed by atoms with E-state index in [4.69, 9.17) is 26.8 Å². The maximum atomic E-state index is 14.0. The van der Waals surface area contributed by atoms with Gasteiger partial charge in [-0.1, -0.05) is 43.1 Å². The van der Waals surface area contributed by atoms with Gasteiger partial charge in [0.2, 0.25) is 0 Å². The molecule has 2 aliphatic rings. The van der Waals surface area contributed by atoms with Crippen LogP contribution in [0.25, 0.3) is 10.9 Å². The number of allylic oxidation sites excluding steroid dienone is 2. The number of ether oxygens (including phenoxy) is 2. The zero-order valence-corrected chi connectivity index (χ0v) is 24.1. The first kappa shape index (κ1) is 27.5. The van der Waals surface area contributed by atoms with Gasteiger partial charge in [0.25, 0.3) is 0 Å². The zero-order valence-electron chi connectivity index (χ0n) is 23.3. The number of rotatable bonds is 6. The lowest BCUT2D eigenvalue weighted by atomic mass is 9.69. The van der Waals surface area contributed by atoms with Crippen LogP contribution in [0, 0.1) is 12.3 Å². The summed E-state index contributed by atoms with van der Waals surface area (Å²) in [5, 5.41) is 2.60. The lowest BCUT2D eigenvalue weighted by Crippen LogP contribution is -2.45. The number of nitrogens with two attached hydrogens (primary N) is 1. The number of aryl methyl sites for hydroxylation is 1. The molecule has 1 unspecified atom stereocenters. The van der Waals surface area contributed by atoms with E-state index < -0.39 is 11.9 Å². The van der Waals surface area contributed by atoms with Crippen molar-refractivity contribution >= 4 is 39.9 Å². The molecule has 40 heavy (non-hydrogen) atoms. The first-order valence-corrected chi connectivity index (χ1v) is 13.6. The Balaban J connectivity index is 1.77. The topological polar surface area (TPSA) is 107 Å². The summed E-state index contributed by atoms with van der Waals surface area (Å²) in [5.41, 5.74) is 14.2. The molecule has 9 heteroatoms. The minimum atomic E-state index is -0.857. The Morgan fingerprint density at radius 3 is 2.58 bits per heavy atom. The lowest BCUT2D eigenvalue weighted by Gasteiger charge is -2.44. The average molecular weight is 561 g/mol. The molecule has 0 radical (unpaired) electrons. The molecule has 1 aliphatic carbocycles. The Kier molecular flexibility index (Phi) is 7.23. The number of aromatic nitrogens is 1. The number of pyridine rings is 1. The molecular weight excluding hydrogens is 528 g/mol. The molecule has 0 saturated carbocycles. The van der Waals surface area contributed by atoms with E-state index in [1.54, 1.807) is 25.1 Å². The summed E-state index contributed by atoms with van der Waals surface area (Å²) in [6.45, 7) is 7.96. The van der Waals surface area contributed by atoms with Gasteiger partial charge in [-0.15, -0.1) is 0 Å². The fourth-order valence-electron chi connectivity index (χ4n) is 5.49. The summed E-state index contributed by atoms with van der Waals surface area (Å²) in [7, 11) is 1.59. The SMILES string of the molecule is CCOC(=O)C1=C(N)N(Nc2ccc(C)cc2)C2=C(C(=O)CC(C)(C)C2)C1c1cc2cc(OC)ccc2nc1Cl. The van der Waals surface area contributed by atoms with Crippen molar-refractivity contribution in [1.82, 2.24) is 9.99 Å². The Morgan fingerprint density at radius 1 is 1.18 bits per heavy atom. The van der Waals surface area contributed by atoms with Gasteiger partial charge in [-0.2, -0.15) is 0 Å². The molecule has 2 aromatic carbocycles. The number of hydrazine groups is 1. The van der Waals surface area contributed by atoms with Crippen molar-refractivity contribution in [3.63, 3.8) is 0 Å². The van der Waals surface area contributed by atoms with Crippen LogP contribution in [-0.4, -0.2) is 35.5 Å². The second-order valence-electron chi connectivity index (χ2n) is 11.0. The first-order valence-electron chi connectivity index (χ1n) is 13.2. The Labute approximate surface area is 238 Å². The van der Waals surface area contributed by atoms with Gasteiger partial charge in [-0.05, 0) is 62.1 Å². The van der Waals surface area contributed by atoms with Gasteiger partial charge < -0.3 is 15.2 Å². The molecule has 8 nitrogen and oxygen atoms in total. The number of halogens is 1. The Bertz CT molecular complexity index is 1580. The monoisotopic (exact) mass is 560 g/mol. The smallest absolute Gasteiger partial charge is 0.338 e. The van der Waals surface area contributed by atoms with E-state index in [9.17, 15) is 9.59 Å². The number of nitrogens with zero attached hydrogens (tertiary/aromatic N) is 2. The van der Waals surface area contributed by atoms with Crippen LogP contribution in [0.15, 0.2) is 71.2 Å². The van der Waals surface area contributed by atoms with Crippen LogP contribution in [0.5, 0.6) is 5.75 Å². The Morgan fingerprint density at radius 2 is 1.90 bits per heavy atom. The van der Waals surface area contributed by atoms with Crippen LogP contribution in [0.4, 0.5) is 5.69 Å². The highest BCUT2D eigenvalue weighted by atomic mass is 35.5. The summed E-state index contributed by atoms with van der Waals surface area (Å²) in [6.07, 6.45) is 0.857. The number of fused-ring (bicyclic) bond motifs is 1. The van der Waals surface area contributed by atoms with Crippen LogP contribution >= 0.6 is 11.6 Å². The largest absolute Gasteiger partial charge is 0.497 e. The quantitative estimate of drug-likeness (QED) is 0.279. The second-order valence-corrected chi connectivity index (χ2v) is 11.4. The zero-order chi connectivity index (χ0) is 28.8. The number of methoxy groups -OCH3 is 1. The van der Waals surface area contributed by atoms with E-state index in [1.807, 2.05) is 63.2 Å². The van der Waals surface area contributed by atoms with Crippen LogP contribution < -0.4 is 15.9 Å². The van der Waals surface area contributed by atoms with Gasteiger partial charge in [-0.3, -0.25) is 10.2 Å². The minimum absolute atomic E-state index is 0.0805. The molecule has 3 N–H and O–H groups in total. The molecule has 1 aromatic heterocycles. The molecule has 0 amide bonds. The highest BCUT2D eigenvalue weighted by molar-refractivity contribution is 6.31. The van der Waals surface area contributed by atoms with Crippen molar-refractivity contribution in [2.24, 2.45) is 11.1 Å². The van der Waals surface area contributed by atoms with Crippen molar-refractivity contribution in [3.8, 4) is 5.75 Å².